The number of benzene rings is 1. The van der Waals surface area contributed by atoms with Crippen LogP contribution in [0, 0.1) is 6.92 Å². The molecule has 1 aromatic rings. The number of likely N-dealkylation sites (N-methyl/N-ethyl adjacent to an activating group) is 1. The van der Waals surface area contributed by atoms with Gasteiger partial charge in [-0.1, -0.05) is 18.2 Å². The van der Waals surface area contributed by atoms with Gasteiger partial charge in [-0.15, -0.1) is 6.58 Å². The highest BCUT2D eigenvalue weighted by Gasteiger charge is 2.17. The Morgan fingerprint density at radius 1 is 1.62 bits per heavy atom. The normalized spacial score (nSPS) is 11.9. The van der Waals surface area contributed by atoms with E-state index in [9.17, 15) is 4.79 Å². The Labute approximate surface area is 96.6 Å². The van der Waals surface area contributed by atoms with Gasteiger partial charge in [-0.05, 0) is 31.0 Å². The molecule has 3 heteroatoms. The summed E-state index contributed by atoms with van der Waals surface area (Å²) in [5, 5.41) is 0. The molecule has 2 N–H and O–H groups in total. The maximum absolute atomic E-state index is 11.9. The van der Waals surface area contributed by atoms with Gasteiger partial charge in [0.2, 0.25) is 5.91 Å². The second-order valence-corrected chi connectivity index (χ2v) is 3.87. The highest BCUT2D eigenvalue weighted by molar-refractivity contribution is 5.96. The van der Waals surface area contributed by atoms with Gasteiger partial charge in [-0.25, -0.2) is 0 Å². The van der Waals surface area contributed by atoms with Gasteiger partial charge in [-0.2, -0.15) is 0 Å². The van der Waals surface area contributed by atoms with Crippen molar-refractivity contribution < 1.29 is 4.79 Å². The Morgan fingerprint density at radius 2 is 2.31 bits per heavy atom. The van der Waals surface area contributed by atoms with Crippen molar-refractivity contribution in [3.8, 4) is 0 Å². The number of anilines is 1. The van der Waals surface area contributed by atoms with Gasteiger partial charge in [0.05, 0.1) is 6.04 Å². The Kier molecular flexibility index (Phi) is 4.26. The molecule has 86 valence electrons. The summed E-state index contributed by atoms with van der Waals surface area (Å²) in [6, 6.07) is 7.26. The van der Waals surface area contributed by atoms with Crippen LogP contribution in [0.1, 0.15) is 12.0 Å². The Hall–Kier alpha value is -1.61. The molecule has 0 fully saturated rings. The smallest absolute Gasteiger partial charge is 0.243 e. The van der Waals surface area contributed by atoms with E-state index in [4.69, 9.17) is 5.73 Å². The van der Waals surface area contributed by atoms with Crippen LogP contribution in [0.5, 0.6) is 0 Å². The van der Waals surface area contributed by atoms with Crippen LogP contribution in [0.25, 0.3) is 0 Å². The predicted molar refractivity (Wildman–Crippen MR) is 67.4 cm³/mol. The number of rotatable bonds is 4. The second kappa shape index (κ2) is 5.47. The number of amides is 1. The van der Waals surface area contributed by atoms with E-state index in [1.54, 1.807) is 18.0 Å². The average Bonchev–Trinajstić information content (AvgIpc) is 2.27. The first-order valence-corrected chi connectivity index (χ1v) is 5.27. The summed E-state index contributed by atoms with van der Waals surface area (Å²) in [5.41, 5.74) is 7.73. The zero-order chi connectivity index (χ0) is 12.1. The molecule has 0 aliphatic heterocycles. The lowest BCUT2D eigenvalue weighted by Crippen LogP contribution is -2.41. The van der Waals surface area contributed by atoms with Crippen molar-refractivity contribution in [3.05, 3.63) is 42.5 Å². The lowest BCUT2D eigenvalue weighted by atomic mass is 10.1. The van der Waals surface area contributed by atoms with Crippen LogP contribution in [-0.2, 0) is 4.79 Å². The van der Waals surface area contributed by atoms with Gasteiger partial charge in [0.15, 0.2) is 0 Å². The third-order valence-electron chi connectivity index (χ3n) is 2.46. The summed E-state index contributed by atoms with van der Waals surface area (Å²) >= 11 is 0. The average molecular weight is 218 g/mol. The molecule has 0 radical (unpaired) electrons. The number of nitrogens with two attached hydrogens (primary N) is 1. The van der Waals surface area contributed by atoms with Crippen molar-refractivity contribution in [2.75, 3.05) is 11.9 Å². The molecule has 0 heterocycles. The van der Waals surface area contributed by atoms with E-state index in [2.05, 4.69) is 6.58 Å². The van der Waals surface area contributed by atoms with E-state index in [0.29, 0.717) is 6.42 Å². The summed E-state index contributed by atoms with van der Waals surface area (Å²) in [6.07, 6.45) is 2.15. The van der Waals surface area contributed by atoms with Gasteiger partial charge in [-0.3, -0.25) is 4.79 Å². The highest BCUT2D eigenvalue weighted by atomic mass is 16.2. The third-order valence-corrected chi connectivity index (χ3v) is 2.46. The standard InChI is InChI=1S/C13H18N2O/c1-4-6-12(14)13(16)15(3)11-8-5-7-10(2)9-11/h4-5,7-9,12H,1,6,14H2,2-3H3. The topological polar surface area (TPSA) is 46.3 Å². The minimum absolute atomic E-state index is 0.0921. The number of aryl methyl sites for hydroxylation is 1. The van der Waals surface area contributed by atoms with Crippen molar-refractivity contribution in [2.24, 2.45) is 5.73 Å². The quantitative estimate of drug-likeness (QED) is 0.784. The molecule has 1 atom stereocenters. The monoisotopic (exact) mass is 218 g/mol. The molecule has 3 nitrogen and oxygen atoms in total. The molecule has 16 heavy (non-hydrogen) atoms. The van der Waals surface area contributed by atoms with Crippen LogP contribution in [0.3, 0.4) is 0 Å². The maximum Gasteiger partial charge on any atom is 0.243 e. The van der Waals surface area contributed by atoms with Gasteiger partial charge in [0.25, 0.3) is 0 Å². The molecule has 1 amide bonds. The van der Waals surface area contributed by atoms with Crippen molar-refractivity contribution >= 4 is 11.6 Å². The minimum atomic E-state index is -0.511. The molecule has 0 aliphatic rings. The van der Waals surface area contributed by atoms with E-state index in [1.807, 2.05) is 31.2 Å². The Morgan fingerprint density at radius 3 is 2.88 bits per heavy atom. The third kappa shape index (κ3) is 2.94. The first-order valence-electron chi connectivity index (χ1n) is 5.27. The van der Waals surface area contributed by atoms with Gasteiger partial charge >= 0.3 is 0 Å². The van der Waals surface area contributed by atoms with Crippen LogP contribution in [0.4, 0.5) is 5.69 Å². The Bertz CT molecular complexity index is 387. The van der Waals surface area contributed by atoms with Crippen LogP contribution >= 0.6 is 0 Å². The zero-order valence-electron chi connectivity index (χ0n) is 9.81. The first-order chi connectivity index (χ1) is 7.56. The summed E-state index contributed by atoms with van der Waals surface area (Å²) < 4.78 is 0. The number of hydrogen-bond donors (Lipinski definition) is 1. The Balaban J connectivity index is 2.81. The molecular weight excluding hydrogens is 200 g/mol. The van der Waals surface area contributed by atoms with Gasteiger partial charge < -0.3 is 10.6 Å². The second-order valence-electron chi connectivity index (χ2n) is 3.87. The largest absolute Gasteiger partial charge is 0.320 e. The molecule has 1 rings (SSSR count). The van der Waals surface area contributed by atoms with Crippen LogP contribution in [0.2, 0.25) is 0 Å². The summed E-state index contributed by atoms with van der Waals surface area (Å²) in [4.78, 5) is 13.5. The molecule has 0 saturated heterocycles. The van der Waals surface area contributed by atoms with E-state index >= 15 is 0 Å². The molecule has 1 aromatic carbocycles. The number of carbonyl (C=O) groups excluding carboxylic acids is 1. The van der Waals surface area contributed by atoms with Gasteiger partial charge in [0, 0.05) is 12.7 Å². The summed E-state index contributed by atoms with van der Waals surface area (Å²) in [5.74, 6) is -0.0921. The predicted octanol–water partition coefficient (Wildman–Crippen LogP) is 1.86. The molecule has 0 spiro atoms. The lowest BCUT2D eigenvalue weighted by Gasteiger charge is -2.21. The number of hydrogen-bond acceptors (Lipinski definition) is 2. The van der Waals surface area contributed by atoms with Crippen molar-refractivity contribution in [3.63, 3.8) is 0 Å². The fourth-order valence-corrected chi connectivity index (χ4v) is 1.49. The summed E-state index contributed by atoms with van der Waals surface area (Å²) in [7, 11) is 1.74. The molecular formula is C13H18N2O. The molecule has 0 saturated carbocycles. The fraction of sp³-hybridized carbons (Fsp3) is 0.308. The zero-order valence-corrected chi connectivity index (χ0v) is 9.81. The van der Waals surface area contributed by atoms with Crippen LogP contribution in [0.15, 0.2) is 36.9 Å². The SMILES string of the molecule is C=CCC(N)C(=O)N(C)c1cccc(C)c1. The fourth-order valence-electron chi connectivity index (χ4n) is 1.49. The van der Waals surface area contributed by atoms with Crippen LogP contribution < -0.4 is 10.6 Å². The minimum Gasteiger partial charge on any atom is -0.320 e. The molecule has 0 aliphatic carbocycles. The number of carbonyl (C=O) groups is 1. The van der Waals surface area contributed by atoms with E-state index < -0.39 is 6.04 Å². The first kappa shape index (κ1) is 12.5. The molecule has 1 unspecified atom stereocenters. The highest BCUT2D eigenvalue weighted by Crippen LogP contribution is 2.15. The van der Waals surface area contributed by atoms with Crippen molar-refractivity contribution in [2.45, 2.75) is 19.4 Å². The van der Waals surface area contributed by atoms with Crippen molar-refractivity contribution in [1.82, 2.24) is 0 Å². The summed E-state index contributed by atoms with van der Waals surface area (Å²) in [6.45, 7) is 5.57. The van der Waals surface area contributed by atoms with Gasteiger partial charge in [0.1, 0.15) is 0 Å². The maximum atomic E-state index is 11.9. The van der Waals surface area contributed by atoms with E-state index in [0.717, 1.165) is 11.3 Å². The van der Waals surface area contributed by atoms with E-state index in [-0.39, 0.29) is 5.91 Å². The molecule has 0 aromatic heterocycles. The number of nitrogens with zero attached hydrogens (tertiary/aromatic N) is 1. The van der Waals surface area contributed by atoms with Crippen LogP contribution in [-0.4, -0.2) is 19.0 Å². The lowest BCUT2D eigenvalue weighted by molar-refractivity contribution is -0.119. The van der Waals surface area contributed by atoms with E-state index in [1.165, 1.54) is 0 Å². The van der Waals surface area contributed by atoms with Crippen molar-refractivity contribution in [1.29, 1.82) is 0 Å². The molecule has 0 bridgehead atoms.